The number of nitrogens with one attached hydrogen (secondary N) is 1. The van der Waals surface area contributed by atoms with Crippen LogP contribution in [0.3, 0.4) is 0 Å². The second-order valence-corrected chi connectivity index (χ2v) is 9.16. The summed E-state index contributed by atoms with van der Waals surface area (Å²) in [5, 5.41) is 3.95. The fraction of sp³-hybridized carbons (Fsp3) is 0.440. The first-order valence-electron chi connectivity index (χ1n) is 11.2. The predicted molar refractivity (Wildman–Crippen MR) is 126 cm³/mol. The minimum Gasteiger partial charge on any atom is -0.352 e. The summed E-state index contributed by atoms with van der Waals surface area (Å²) in [7, 11) is 0. The molecule has 1 atom stereocenters. The molecule has 2 aromatic rings. The van der Waals surface area contributed by atoms with Crippen LogP contribution in [-0.4, -0.2) is 28.8 Å². The molecule has 7 heteroatoms. The van der Waals surface area contributed by atoms with Gasteiger partial charge < -0.3 is 10.2 Å². The van der Waals surface area contributed by atoms with Crippen molar-refractivity contribution in [2.24, 2.45) is 0 Å². The minimum absolute atomic E-state index is 0.0886. The van der Waals surface area contributed by atoms with Gasteiger partial charge in [0.1, 0.15) is 11.9 Å². The monoisotopic (exact) mass is 478 g/mol. The minimum atomic E-state index is -0.614. The van der Waals surface area contributed by atoms with Gasteiger partial charge in [-0.2, -0.15) is 0 Å². The second kappa shape index (κ2) is 11.7. The lowest BCUT2D eigenvalue weighted by atomic mass is 9.95. The molecule has 0 heterocycles. The fourth-order valence-corrected chi connectivity index (χ4v) is 4.50. The Morgan fingerprint density at radius 2 is 1.69 bits per heavy atom. The first kappa shape index (κ1) is 24.5. The number of hydrogen-bond acceptors (Lipinski definition) is 2. The molecule has 0 saturated heterocycles. The fourth-order valence-electron chi connectivity index (χ4n) is 4.18. The number of amides is 2. The molecular weight excluding hydrogens is 450 g/mol. The van der Waals surface area contributed by atoms with Crippen molar-refractivity contribution < 1.29 is 14.0 Å². The molecule has 0 radical (unpaired) electrons. The Hall–Kier alpha value is -2.11. The van der Waals surface area contributed by atoms with E-state index in [9.17, 15) is 14.0 Å². The number of carbonyl (C=O) groups is 2. The smallest absolute Gasteiger partial charge is 0.243 e. The maximum atomic E-state index is 13.4. The van der Waals surface area contributed by atoms with Crippen LogP contribution in [0.25, 0.3) is 0 Å². The molecule has 0 aromatic heterocycles. The third kappa shape index (κ3) is 6.69. The Balaban J connectivity index is 1.81. The largest absolute Gasteiger partial charge is 0.352 e. The molecule has 0 bridgehead atoms. The van der Waals surface area contributed by atoms with Crippen molar-refractivity contribution in [2.75, 3.05) is 0 Å². The van der Waals surface area contributed by atoms with Gasteiger partial charge >= 0.3 is 0 Å². The quantitative estimate of drug-likeness (QED) is 0.510. The Morgan fingerprint density at radius 3 is 2.31 bits per heavy atom. The highest BCUT2D eigenvalue weighted by Gasteiger charge is 2.30. The van der Waals surface area contributed by atoms with Gasteiger partial charge in [-0.25, -0.2) is 4.39 Å². The molecule has 0 spiro atoms. The summed E-state index contributed by atoms with van der Waals surface area (Å²) in [4.78, 5) is 28.1. The van der Waals surface area contributed by atoms with E-state index in [2.05, 4.69) is 5.32 Å². The lowest BCUT2D eigenvalue weighted by Crippen LogP contribution is -2.51. The van der Waals surface area contributed by atoms with E-state index < -0.39 is 6.04 Å². The first-order chi connectivity index (χ1) is 15.4. The van der Waals surface area contributed by atoms with E-state index in [1.54, 1.807) is 35.2 Å². The van der Waals surface area contributed by atoms with E-state index in [4.69, 9.17) is 23.2 Å². The van der Waals surface area contributed by atoms with Gasteiger partial charge in [0.25, 0.3) is 0 Å². The van der Waals surface area contributed by atoms with Crippen molar-refractivity contribution in [3.05, 3.63) is 69.5 Å². The van der Waals surface area contributed by atoms with Crippen molar-refractivity contribution >= 4 is 35.0 Å². The van der Waals surface area contributed by atoms with Crippen LogP contribution in [-0.2, 0) is 22.6 Å². The number of benzene rings is 2. The lowest BCUT2D eigenvalue weighted by Gasteiger charge is -2.33. The normalized spacial score (nSPS) is 15.2. The molecule has 32 heavy (non-hydrogen) atoms. The van der Waals surface area contributed by atoms with Gasteiger partial charge in [0.05, 0.1) is 16.5 Å². The van der Waals surface area contributed by atoms with Crippen LogP contribution in [0.2, 0.25) is 10.0 Å². The summed E-state index contributed by atoms with van der Waals surface area (Å²) in [5.41, 5.74) is 1.48. The Morgan fingerprint density at radius 1 is 1.03 bits per heavy atom. The maximum Gasteiger partial charge on any atom is 0.243 e. The Labute approximate surface area is 199 Å². The zero-order chi connectivity index (χ0) is 23.1. The summed E-state index contributed by atoms with van der Waals surface area (Å²) < 4.78 is 13.4. The molecular formula is C25H29Cl2FN2O2. The Kier molecular flexibility index (Phi) is 8.94. The predicted octanol–water partition coefficient (Wildman–Crippen LogP) is 5.93. The maximum absolute atomic E-state index is 13.4. The number of nitrogens with zero attached hydrogens (tertiary/aromatic N) is 1. The average Bonchev–Trinajstić information content (AvgIpc) is 2.78. The number of rotatable bonds is 8. The summed E-state index contributed by atoms with van der Waals surface area (Å²) in [5.74, 6) is -0.674. The van der Waals surface area contributed by atoms with E-state index in [-0.39, 0.29) is 36.6 Å². The summed E-state index contributed by atoms with van der Waals surface area (Å²) in [6.45, 7) is 2.12. The molecule has 1 N–H and O–H groups in total. The van der Waals surface area contributed by atoms with Crippen molar-refractivity contribution in [2.45, 2.75) is 70.5 Å². The average molecular weight is 479 g/mol. The Bertz CT molecular complexity index is 930. The van der Waals surface area contributed by atoms with Crippen LogP contribution < -0.4 is 5.32 Å². The van der Waals surface area contributed by atoms with Crippen molar-refractivity contribution in [3.8, 4) is 0 Å². The molecule has 3 rings (SSSR count). The lowest BCUT2D eigenvalue weighted by molar-refractivity contribution is -0.141. The number of hydrogen-bond donors (Lipinski definition) is 1. The van der Waals surface area contributed by atoms with Gasteiger partial charge in [0.2, 0.25) is 11.8 Å². The summed E-state index contributed by atoms with van der Waals surface area (Å²) >= 11 is 12.1. The third-order valence-corrected chi connectivity index (χ3v) is 6.68. The molecule has 4 nitrogen and oxygen atoms in total. The van der Waals surface area contributed by atoms with Gasteiger partial charge in [-0.15, -0.1) is 0 Å². The van der Waals surface area contributed by atoms with Crippen LogP contribution in [0.15, 0.2) is 42.5 Å². The molecule has 1 saturated carbocycles. The van der Waals surface area contributed by atoms with Crippen LogP contribution in [0.5, 0.6) is 0 Å². The standard InChI is InChI=1S/C25H29Cl2FN2O2/c1-2-23(25(32)29-20-6-4-3-5-7-20)30(16-17-8-11-19(28)12-9-17)24(31)15-18-10-13-21(26)22(27)14-18/h8-14,20,23H,2-7,15-16H2,1H3,(H,29,32). The summed E-state index contributed by atoms with van der Waals surface area (Å²) in [6.07, 6.45) is 5.92. The van der Waals surface area contributed by atoms with Crippen LogP contribution in [0, 0.1) is 5.82 Å². The van der Waals surface area contributed by atoms with Crippen LogP contribution >= 0.6 is 23.2 Å². The van der Waals surface area contributed by atoms with Gasteiger partial charge in [-0.05, 0) is 54.7 Å². The van der Waals surface area contributed by atoms with Crippen LogP contribution in [0.4, 0.5) is 4.39 Å². The van der Waals surface area contributed by atoms with Gasteiger partial charge in [0, 0.05) is 12.6 Å². The number of halogens is 3. The zero-order valence-corrected chi connectivity index (χ0v) is 19.8. The summed E-state index contributed by atoms with van der Waals surface area (Å²) in [6, 6.07) is 10.6. The van der Waals surface area contributed by atoms with E-state index in [0.717, 1.165) is 36.8 Å². The van der Waals surface area contributed by atoms with Crippen molar-refractivity contribution in [1.82, 2.24) is 10.2 Å². The molecule has 1 aliphatic carbocycles. The van der Waals surface area contributed by atoms with E-state index in [1.165, 1.54) is 18.6 Å². The van der Waals surface area contributed by atoms with E-state index >= 15 is 0 Å². The molecule has 0 aliphatic heterocycles. The first-order valence-corrected chi connectivity index (χ1v) is 11.9. The van der Waals surface area contributed by atoms with E-state index in [0.29, 0.717) is 16.5 Å². The second-order valence-electron chi connectivity index (χ2n) is 8.34. The highest BCUT2D eigenvalue weighted by atomic mass is 35.5. The van der Waals surface area contributed by atoms with Gasteiger partial charge in [0.15, 0.2) is 0 Å². The zero-order valence-electron chi connectivity index (χ0n) is 18.3. The molecule has 172 valence electrons. The van der Waals surface area contributed by atoms with Crippen molar-refractivity contribution in [1.29, 1.82) is 0 Å². The van der Waals surface area contributed by atoms with E-state index in [1.807, 2.05) is 6.92 Å². The molecule has 1 fully saturated rings. The highest BCUT2D eigenvalue weighted by Crippen LogP contribution is 2.24. The topological polar surface area (TPSA) is 49.4 Å². The third-order valence-electron chi connectivity index (χ3n) is 5.94. The molecule has 1 aliphatic rings. The molecule has 1 unspecified atom stereocenters. The van der Waals surface area contributed by atoms with Crippen molar-refractivity contribution in [3.63, 3.8) is 0 Å². The number of carbonyl (C=O) groups excluding carboxylic acids is 2. The SMILES string of the molecule is CCC(C(=O)NC1CCCCC1)N(Cc1ccc(F)cc1)C(=O)Cc1ccc(Cl)c(Cl)c1. The van der Waals surface area contributed by atoms with Crippen LogP contribution in [0.1, 0.15) is 56.6 Å². The highest BCUT2D eigenvalue weighted by molar-refractivity contribution is 6.42. The molecule has 2 amide bonds. The molecule has 2 aromatic carbocycles. The van der Waals surface area contributed by atoms with Gasteiger partial charge in [-0.1, -0.05) is 67.6 Å². The van der Waals surface area contributed by atoms with Gasteiger partial charge in [-0.3, -0.25) is 9.59 Å².